The Morgan fingerprint density at radius 1 is 1.62 bits per heavy atom. The number of aldehydes is 1. The maximum Gasteiger partial charge on any atom is 0.123 e. The van der Waals surface area contributed by atoms with Crippen LogP contribution >= 0.6 is 0 Å². The molecule has 0 N–H and O–H groups in total. The molecule has 0 radical (unpaired) electrons. The van der Waals surface area contributed by atoms with Crippen molar-refractivity contribution in [2.45, 2.75) is 6.42 Å². The van der Waals surface area contributed by atoms with Gasteiger partial charge in [0.25, 0.3) is 0 Å². The van der Waals surface area contributed by atoms with Gasteiger partial charge in [-0.25, -0.2) is 0 Å². The Kier molecular flexibility index (Phi) is 0.655. The van der Waals surface area contributed by atoms with E-state index >= 15 is 0 Å². The van der Waals surface area contributed by atoms with Gasteiger partial charge in [-0.2, -0.15) is 0 Å². The molecular formula is C7H8O. The summed E-state index contributed by atoms with van der Waals surface area (Å²) in [7, 11) is 0. The fourth-order valence-electron chi connectivity index (χ4n) is 1.60. The van der Waals surface area contributed by atoms with Crippen molar-refractivity contribution < 1.29 is 4.79 Å². The zero-order valence-electron chi connectivity index (χ0n) is 4.58. The fraction of sp³-hybridized carbons (Fsp3) is 0.571. The SMILES string of the molecule is O=CC1[C@H]2C=CC[C@@H]12. The molecular weight excluding hydrogens is 100 g/mol. The van der Waals surface area contributed by atoms with Gasteiger partial charge in [-0.05, 0) is 18.3 Å². The Hall–Kier alpha value is -0.590. The normalized spacial score (nSPS) is 48.8. The van der Waals surface area contributed by atoms with Gasteiger partial charge in [-0.3, -0.25) is 0 Å². The molecule has 0 aromatic heterocycles. The molecule has 0 aliphatic heterocycles. The zero-order valence-corrected chi connectivity index (χ0v) is 4.58. The average molecular weight is 108 g/mol. The average Bonchev–Trinajstić information content (AvgIpc) is 2.22. The van der Waals surface area contributed by atoms with E-state index in [1.54, 1.807) is 0 Å². The quantitative estimate of drug-likeness (QED) is 0.362. The lowest BCUT2D eigenvalue weighted by atomic mass is 10.2. The summed E-state index contributed by atoms with van der Waals surface area (Å²) in [4.78, 5) is 10.1. The third-order valence-electron chi connectivity index (χ3n) is 2.22. The van der Waals surface area contributed by atoms with Crippen LogP contribution in [0.15, 0.2) is 12.2 Å². The molecule has 0 spiro atoms. The van der Waals surface area contributed by atoms with Crippen LogP contribution in [0.25, 0.3) is 0 Å². The Morgan fingerprint density at radius 3 is 2.88 bits per heavy atom. The first-order valence-corrected chi connectivity index (χ1v) is 3.05. The van der Waals surface area contributed by atoms with Crippen LogP contribution in [-0.4, -0.2) is 6.29 Å². The van der Waals surface area contributed by atoms with E-state index in [0.717, 1.165) is 12.7 Å². The maximum absolute atomic E-state index is 10.1. The summed E-state index contributed by atoms with van der Waals surface area (Å²) < 4.78 is 0. The summed E-state index contributed by atoms with van der Waals surface area (Å²) >= 11 is 0. The van der Waals surface area contributed by atoms with Gasteiger partial charge in [-0.15, -0.1) is 0 Å². The highest BCUT2D eigenvalue weighted by Gasteiger charge is 2.49. The lowest BCUT2D eigenvalue weighted by molar-refractivity contribution is -0.109. The van der Waals surface area contributed by atoms with Crippen LogP contribution < -0.4 is 0 Å². The van der Waals surface area contributed by atoms with Gasteiger partial charge in [0.15, 0.2) is 0 Å². The Labute approximate surface area is 48.4 Å². The lowest BCUT2D eigenvalue weighted by Crippen LogP contribution is -1.82. The van der Waals surface area contributed by atoms with Crippen LogP contribution in [0.5, 0.6) is 0 Å². The first-order chi connectivity index (χ1) is 3.93. The lowest BCUT2D eigenvalue weighted by Gasteiger charge is -1.81. The summed E-state index contributed by atoms with van der Waals surface area (Å²) in [5.74, 6) is 1.76. The van der Waals surface area contributed by atoms with Crippen molar-refractivity contribution in [3.63, 3.8) is 0 Å². The molecule has 8 heavy (non-hydrogen) atoms. The molecule has 1 unspecified atom stereocenters. The molecule has 0 saturated heterocycles. The fourth-order valence-corrected chi connectivity index (χ4v) is 1.60. The number of allylic oxidation sites excluding steroid dienone is 2. The molecule has 1 heteroatoms. The molecule has 1 fully saturated rings. The van der Waals surface area contributed by atoms with Crippen LogP contribution in [0.2, 0.25) is 0 Å². The number of hydrogen-bond donors (Lipinski definition) is 0. The van der Waals surface area contributed by atoms with Gasteiger partial charge in [-0.1, -0.05) is 12.2 Å². The topological polar surface area (TPSA) is 17.1 Å². The number of fused-ring (bicyclic) bond motifs is 1. The van der Waals surface area contributed by atoms with E-state index in [2.05, 4.69) is 12.2 Å². The summed E-state index contributed by atoms with van der Waals surface area (Å²) in [6.45, 7) is 0. The van der Waals surface area contributed by atoms with E-state index in [4.69, 9.17) is 0 Å². The number of hydrogen-bond acceptors (Lipinski definition) is 1. The van der Waals surface area contributed by atoms with Crippen molar-refractivity contribution in [2.24, 2.45) is 17.8 Å². The van der Waals surface area contributed by atoms with Crippen LogP contribution in [0.1, 0.15) is 6.42 Å². The van der Waals surface area contributed by atoms with E-state index in [1.807, 2.05) is 0 Å². The standard InChI is InChI=1S/C7H8O/c8-4-7-5-2-1-3-6(5)7/h1-2,4-7H,3H2/t5-,6+,7?/m0/s1. The second-order valence-electron chi connectivity index (χ2n) is 2.62. The maximum atomic E-state index is 10.1. The molecule has 1 saturated carbocycles. The Morgan fingerprint density at radius 2 is 2.50 bits per heavy atom. The smallest absolute Gasteiger partial charge is 0.123 e. The molecule has 0 amide bonds. The zero-order chi connectivity index (χ0) is 5.56. The second kappa shape index (κ2) is 1.22. The summed E-state index contributed by atoms with van der Waals surface area (Å²) in [5, 5.41) is 0. The van der Waals surface area contributed by atoms with Gasteiger partial charge in [0, 0.05) is 5.92 Å². The number of rotatable bonds is 1. The highest BCUT2D eigenvalue weighted by molar-refractivity contribution is 5.61. The van der Waals surface area contributed by atoms with E-state index in [0.29, 0.717) is 17.8 Å². The van der Waals surface area contributed by atoms with Gasteiger partial charge in [0.1, 0.15) is 6.29 Å². The van der Waals surface area contributed by atoms with E-state index in [9.17, 15) is 4.79 Å². The minimum Gasteiger partial charge on any atom is -0.303 e. The van der Waals surface area contributed by atoms with Crippen molar-refractivity contribution in [1.82, 2.24) is 0 Å². The predicted molar refractivity (Wildman–Crippen MR) is 30.3 cm³/mol. The highest BCUT2D eigenvalue weighted by Crippen LogP contribution is 2.52. The molecule has 0 bridgehead atoms. The molecule has 2 aliphatic carbocycles. The van der Waals surface area contributed by atoms with Crippen LogP contribution in [-0.2, 0) is 4.79 Å². The molecule has 0 heterocycles. The summed E-state index contributed by atoms with van der Waals surface area (Å²) in [5.41, 5.74) is 0. The first-order valence-electron chi connectivity index (χ1n) is 3.05. The third kappa shape index (κ3) is 0.347. The molecule has 0 aromatic rings. The van der Waals surface area contributed by atoms with Gasteiger partial charge in [0.2, 0.25) is 0 Å². The third-order valence-corrected chi connectivity index (χ3v) is 2.22. The minimum atomic E-state index is 0.403. The number of carbonyl (C=O) groups is 1. The summed E-state index contributed by atoms with van der Waals surface area (Å²) in [6, 6.07) is 0. The first kappa shape index (κ1) is 4.30. The predicted octanol–water partition coefficient (Wildman–Crippen LogP) is 1.01. The van der Waals surface area contributed by atoms with E-state index in [-0.39, 0.29) is 0 Å². The van der Waals surface area contributed by atoms with E-state index < -0.39 is 0 Å². The highest BCUT2D eigenvalue weighted by atomic mass is 16.1. The minimum absolute atomic E-state index is 0.403. The van der Waals surface area contributed by atoms with Gasteiger partial charge in [0.05, 0.1) is 0 Å². The molecule has 1 nitrogen and oxygen atoms in total. The molecule has 0 aromatic carbocycles. The largest absolute Gasteiger partial charge is 0.303 e. The van der Waals surface area contributed by atoms with E-state index in [1.165, 1.54) is 0 Å². The van der Waals surface area contributed by atoms with Crippen molar-refractivity contribution in [1.29, 1.82) is 0 Å². The Balaban J connectivity index is 2.12. The second-order valence-corrected chi connectivity index (χ2v) is 2.62. The molecule has 3 atom stereocenters. The van der Waals surface area contributed by atoms with Crippen molar-refractivity contribution >= 4 is 6.29 Å². The summed E-state index contributed by atoms with van der Waals surface area (Å²) in [6.07, 6.45) is 6.59. The van der Waals surface area contributed by atoms with Crippen LogP contribution in [0, 0.1) is 17.8 Å². The van der Waals surface area contributed by atoms with Crippen molar-refractivity contribution in [3.8, 4) is 0 Å². The molecule has 2 rings (SSSR count). The molecule has 42 valence electrons. The molecule has 2 aliphatic rings. The van der Waals surface area contributed by atoms with Gasteiger partial charge < -0.3 is 4.79 Å². The van der Waals surface area contributed by atoms with Gasteiger partial charge >= 0.3 is 0 Å². The van der Waals surface area contributed by atoms with Crippen molar-refractivity contribution in [2.75, 3.05) is 0 Å². The monoisotopic (exact) mass is 108 g/mol. The Bertz CT molecular complexity index is 144. The van der Waals surface area contributed by atoms with Crippen molar-refractivity contribution in [3.05, 3.63) is 12.2 Å². The van der Waals surface area contributed by atoms with Crippen LogP contribution in [0.3, 0.4) is 0 Å². The number of carbonyl (C=O) groups excluding carboxylic acids is 1. The van der Waals surface area contributed by atoms with Crippen LogP contribution in [0.4, 0.5) is 0 Å².